The fraction of sp³-hybridized carbons (Fsp3) is 0.429. The number of fused-ring (bicyclic) bond motifs is 1. The highest BCUT2D eigenvalue weighted by Gasteiger charge is 2.42. The summed E-state index contributed by atoms with van der Waals surface area (Å²) in [5.74, 6) is -0.0951. The predicted octanol–water partition coefficient (Wildman–Crippen LogP) is 1.08. The van der Waals surface area contributed by atoms with Crippen LogP contribution in [0.25, 0.3) is 0 Å². The Morgan fingerprint density at radius 3 is 2.95 bits per heavy atom. The van der Waals surface area contributed by atoms with Gasteiger partial charge in [0.25, 0.3) is 0 Å². The number of amides is 2. The molecule has 2 amide bonds. The number of phenolic OH excluding ortho intramolecular Hbond substituents is 1. The monoisotopic (exact) mass is 294 g/mol. The number of piperazine rings is 1. The van der Waals surface area contributed by atoms with Crippen LogP contribution < -0.4 is 5.32 Å². The van der Waals surface area contributed by atoms with Gasteiger partial charge in [0.2, 0.25) is 11.8 Å². The number of halogens is 1. The van der Waals surface area contributed by atoms with Gasteiger partial charge in [0.05, 0.1) is 5.02 Å². The van der Waals surface area contributed by atoms with E-state index in [1.165, 1.54) is 6.07 Å². The first-order valence-corrected chi connectivity index (χ1v) is 7.02. The maximum atomic E-state index is 12.3. The maximum Gasteiger partial charge on any atom is 0.246 e. The van der Waals surface area contributed by atoms with Crippen LogP contribution >= 0.6 is 11.6 Å². The minimum absolute atomic E-state index is 0.00836. The molecule has 5 nitrogen and oxygen atoms in total. The number of rotatable bonds is 2. The quantitative estimate of drug-likeness (QED) is 0.857. The summed E-state index contributed by atoms with van der Waals surface area (Å²) in [4.78, 5) is 26.0. The van der Waals surface area contributed by atoms with E-state index < -0.39 is 6.04 Å². The third-order valence-electron chi connectivity index (χ3n) is 3.91. The first-order valence-electron chi connectivity index (χ1n) is 6.64. The van der Waals surface area contributed by atoms with E-state index in [-0.39, 0.29) is 28.6 Å². The Labute approximate surface area is 121 Å². The van der Waals surface area contributed by atoms with Crippen molar-refractivity contribution >= 4 is 23.4 Å². The van der Waals surface area contributed by atoms with Crippen molar-refractivity contribution in [2.24, 2.45) is 0 Å². The van der Waals surface area contributed by atoms with Gasteiger partial charge < -0.3 is 15.3 Å². The molecule has 2 saturated heterocycles. The molecule has 0 bridgehead atoms. The number of aromatic hydroxyl groups is 1. The molecular weight excluding hydrogens is 280 g/mol. The van der Waals surface area contributed by atoms with Gasteiger partial charge in [0.15, 0.2) is 0 Å². The minimum Gasteiger partial charge on any atom is -0.506 e. The molecule has 2 N–H and O–H groups in total. The lowest BCUT2D eigenvalue weighted by Gasteiger charge is -2.34. The molecular formula is C14H15ClN2O3. The molecule has 0 aromatic heterocycles. The zero-order chi connectivity index (χ0) is 14.3. The number of hydrogen-bond acceptors (Lipinski definition) is 3. The highest BCUT2D eigenvalue weighted by Crippen LogP contribution is 2.26. The lowest BCUT2D eigenvalue weighted by atomic mass is 10.0. The standard InChI is InChI=1S/C14H15ClN2O3/c15-9-6-8(3-4-12(9)18)7-10-14(20)17-5-1-2-11(17)13(19)16-10/h3-4,6,10-11,18H,1-2,5,7H2,(H,16,19)/t10-,11+/m1/s1. The Balaban J connectivity index is 1.78. The van der Waals surface area contributed by atoms with Gasteiger partial charge in [-0.3, -0.25) is 9.59 Å². The van der Waals surface area contributed by atoms with E-state index in [4.69, 9.17) is 11.6 Å². The van der Waals surface area contributed by atoms with Crippen molar-refractivity contribution in [2.75, 3.05) is 6.54 Å². The zero-order valence-corrected chi connectivity index (χ0v) is 11.6. The average Bonchev–Trinajstić information content (AvgIpc) is 2.90. The van der Waals surface area contributed by atoms with Gasteiger partial charge in [-0.15, -0.1) is 0 Å². The van der Waals surface area contributed by atoms with Crippen LogP contribution in [0.4, 0.5) is 0 Å². The van der Waals surface area contributed by atoms with Gasteiger partial charge in [-0.05, 0) is 30.5 Å². The average molecular weight is 295 g/mol. The highest BCUT2D eigenvalue weighted by atomic mass is 35.5. The maximum absolute atomic E-state index is 12.3. The highest BCUT2D eigenvalue weighted by molar-refractivity contribution is 6.32. The van der Waals surface area contributed by atoms with Crippen LogP contribution in [0.5, 0.6) is 5.75 Å². The summed E-state index contributed by atoms with van der Waals surface area (Å²) in [6.07, 6.45) is 2.00. The van der Waals surface area contributed by atoms with Gasteiger partial charge in [-0.25, -0.2) is 0 Å². The van der Waals surface area contributed by atoms with Crippen LogP contribution in [0.1, 0.15) is 18.4 Å². The van der Waals surface area contributed by atoms with E-state index in [1.807, 2.05) is 0 Å². The van der Waals surface area contributed by atoms with E-state index in [1.54, 1.807) is 17.0 Å². The number of carbonyl (C=O) groups excluding carboxylic acids is 2. The second-order valence-electron chi connectivity index (χ2n) is 5.24. The number of carbonyl (C=O) groups is 2. The molecule has 20 heavy (non-hydrogen) atoms. The van der Waals surface area contributed by atoms with Crippen molar-refractivity contribution < 1.29 is 14.7 Å². The Kier molecular flexibility index (Phi) is 3.30. The molecule has 0 spiro atoms. The van der Waals surface area contributed by atoms with Crippen molar-refractivity contribution in [1.82, 2.24) is 10.2 Å². The van der Waals surface area contributed by atoms with Crippen LogP contribution in [-0.4, -0.2) is 40.4 Å². The number of nitrogens with zero attached hydrogens (tertiary/aromatic N) is 1. The van der Waals surface area contributed by atoms with Crippen molar-refractivity contribution in [1.29, 1.82) is 0 Å². The zero-order valence-electron chi connectivity index (χ0n) is 10.8. The SMILES string of the molecule is O=C1N[C@H](Cc2ccc(O)c(Cl)c2)C(=O)N2CCC[C@@H]12. The second kappa shape index (κ2) is 4.98. The van der Waals surface area contributed by atoms with Gasteiger partial charge in [-0.2, -0.15) is 0 Å². The Morgan fingerprint density at radius 1 is 1.40 bits per heavy atom. The summed E-state index contributed by atoms with van der Waals surface area (Å²) < 4.78 is 0. The largest absolute Gasteiger partial charge is 0.506 e. The summed E-state index contributed by atoms with van der Waals surface area (Å²) in [5, 5.41) is 12.4. The summed E-state index contributed by atoms with van der Waals surface area (Å²) in [6.45, 7) is 0.657. The van der Waals surface area contributed by atoms with Gasteiger partial charge in [-0.1, -0.05) is 17.7 Å². The minimum atomic E-state index is -0.544. The van der Waals surface area contributed by atoms with Crippen molar-refractivity contribution in [2.45, 2.75) is 31.3 Å². The van der Waals surface area contributed by atoms with E-state index in [9.17, 15) is 14.7 Å². The third-order valence-corrected chi connectivity index (χ3v) is 4.21. The van der Waals surface area contributed by atoms with Crippen LogP contribution in [0.15, 0.2) is 18.2 Å². The summed E-state index contributed by atoms with van der Waals surface area (Å²) in [6, 6.07) is 3.98. The molecule has 0 radical (unpaired) electrons. The number of nitrogens with one attached hydrogen (secondary N) is 1. The predicted molar refractivity (Wildman–Crippen MR) is 73.5 cm³/mol. The molecule has 3 rings (SSSR count). The van der Waals surface area contributed by atoms with E-state index in [0.717, 1.165) is 18.4 Å². The first kappa shape index (κ1) is 13.2. The summed E-state index contributed by atoms with van der Waals surface area (Å²) in [5.41, 5.74) is 0.809. The molecule has 2 heterocycles. The molecule has 2 atom stereocenters. The fourth-order valence-corrected chi connectivity index (χ4v) is 3.09. The molecule has 6 heteroatoms. The smallest absolute Gasteiger partial charge is 0.246 e. The van der Waals surface area contributed by atoms with E-state index in [0.29, 0.717) is 13.0 Å². The normalized spacial score (nSPS) is 25.6. The van der Waals surface area contributed by atoms with Crippen molar-refractivity contribution in [3.8, 4) is 5.75 Å². The number of phenols is 1. The molecule has 0 aliphatic carbocycles. The van der Waals surface area contributed by atoms with Gasteiger partial charge >= 0.3 is 0 Å². The Hall–Kier alpha value is -1.75. The first-order chi connectivity index (χ1) is 9.56. The van der Waals surface area contributed by atoms with Crippen LogP contribution in [-0.2, 0) is 16.0 Å². The second-order valence-corrected chi connectivity index (χ2v) is 5.65. The molecule has 2 aliphatic rings. The summed E-state index contributed by atoms with van der Waals surface area (Å²) in [7, 11) is 0. The lowest BCUT2D eigenvalue weighted by molar-refractivity contribution is -0.146. The van der Waals surface area contributed by atoms with Crippen LogP contribution in [0, 0.1) is 0 Å². The molecule has 2 fully saturated rings. The Bertz CT molecular complexity index is 576. The Morgan fingerprint density at radius 2 is 2.20 bits per heavy atom. The van der Waals surface area contributed by atoms with Crippen molar-refractivity contribution in [3.63, 3.8) is 0 Å². The molecule has 1 aromatic carbocycles. The van der Waals surface area contributed by atoms with Gasteiger partial charge in [0.1, 0.15) is 17.8 Å². The molecule has 106 valence electrons. The number of hydrogen-bond donors (Lipinski definition) is 2. The van der Waals surface area contributed by atoms with Crippen molar-refractivity contribution in [3.05, 3.63) is 28.8 Å². The fourth-order valence-electron chi connectivity index (χ4n) is 2.88. The lowest BCUT2D eigenvalue weighted by Crippen LogP contribution is -2.61. The molecule has 2 aliphatic heterocycles. The van der Waals surface area contributed by atoms with Crippen LogP contribution in [0.3, 0.4) is 0 Å². The van der Waals surface area contributed by atoms with Gasteiger partial charge in [0, 0.05) is 13.0 Å². The van der Waals surface area contributed by atoms with E-state index in [2.05, 4.69) is 5.32 Å². The molecule has 0 unspecified atom stereocenters. The summed E-state index contributed by atoms with van der Waals surface area (Å²) >= 11 is 5.85. The topological polar surface area (TPSA) is 69.6 Å². The van der Waals surface area contributed by atoms with Crippen LogP contribution in [0.2, 0.25) is 5.02 Å². The molecule has 0 saturated carbocycles. The molecule has 1 aromatic rings. The number of benzene rings is 1. The van der Waals surface area contributed by atoms with E-state index >= 15 is 0 Å². The third kappa shape index (κ3) is 2.22.